The van der Waals surface area contributed by atoms with E-state index in [-0.39, 0.29) is 24.3 Å². The van der Waals surface area contributed by atoms with Gasteiger partial charge in [0.15, 0.2) is 0 Å². The summed E-state index contributed by atoms with van der Waals surface area (Å²) in [7, 11) is 0. The van der Waals surface area contributed by atoms with Gasteiger partial charge in [-0.1, -0.05) is 37.3 Å². The van der Waals surface area contributed by atoms with E-state index in [1.54, 1.807) is 47.0 Å². The third-order valence-electron chi connectivity index (χ3n) is 6.60. The van der Waals surface area contributed by atoms with E-state index in [4.69, 9.17) is 4.74 Å². The van der Waals surface area contributed by atoms with Gasteiger partial charge < -0.3 is 15.2 Å². The number of aliphatic carboxylic acids is 1. The fraction of sp³-hybridized carbons (Fsp3) is 0.207. The van der Waals surface area contributed by atoms with Gasteiger partial charge in [0, 0.05) is 33.9 Å². The maximum atomic E-state index is 13.4. The molecule has 8 heteroatoms. The number of hydrogen-bond acceptors (Lipinski definition) is 5. The van der Waals surface area contributed by atoms with Crippen molar-refractivity contribution >= 4 is 34.4 Å². The predicted octanol–water partition coefficient (Wildman–Crippen LogP) is 4.66. The van der Waals surface area contributed by atoms with Crippen LogP contribution in [0.2, 0.25) is 0 Å². The molecule has 1 amide bonds. The van der Waals surface area contributed by atoms with Crippen molar-refractivity contribution in [1.82, 2.24) is 9.88 Å². The van der Waals surface area contributed by atoms with Crippen LogP contribution in [0.3, 0.4) is 0 Å². The first kappa shape index (κ1) is 24.3. The lowest BCUT2D eigenvalue weighted by molar-refractivity contribution is -0.136. The Hall–Kier alpha value is -4.43. The number of hydrogen-bond donors (Lipinski definition) is 3. The summed E-state index contributed by atoms with van der Waals surface area (Å²) >= 11 is 0. The summed E-state index contributed by atoms with van der Waals surface area (Å²) in [4.78, 5) is 37.5. The van der Waals surface area contributed by atoms with Crippen LogP contribution >= 0.6 is 0 Å². The predicted molar refractivity (Wildman–Crippen MR) is 140 cm³/mol. The van der Waals surface area contributed by atoms with E-state index in [0.717, 1.165) is 17.4 Å². The molecule has 0 saturated heterocycles. The Balaban J connectivity index is 1.33. The minimum Gasteiger partial charge on any atom is -0.481 e. The molecule has 1 aliphatic heterocycles. The number of fused-ring (bicyclic) bond motifs is 2. The number of ether oxygens (including phenoxy) is 1. The second kappa shape index (κ2) is 9.91. The Kier molecular flexibility index (Phi) is 6.50. The molecule has 0 bridgehead atoms. The summed E-state index contributed by atoms with van der Waals surface area (Å²) in [5.74, 6) is -0.803. The van der Waals surface area contributed by atoms with Gasteiger partial charge in [-0.15, -0.1) is 0 Å². The summed E-state index contributed by atoms with van der Waals surface area (Å²) < 4.78 is 7.46. The molecule has 188 valence electrons. The van der Waals surface area contributed by atoms with Crippen molar-refractivity contribution in [2.75, 3.05) is 5.32 Å². The molecule has 37 heavy (non-hydrogen) atoms. The van der Waals surface area contributed by atoms with Crippen LogP contribution in [0.4, 0.5) is 5.69 Å². The highest BCUT2D eigenvalue weighted by Gasteiger charge is 2.31. The van der Waals surface area contributed by atoms with Gasteiger partial charge in [0.1, 0.15) is 5.75 Å². The molecular weight excluding hydrogens is 470 g/mol. The first-order valence-electron chi connectivity index (χ1n) is 12.1. The van der Waals surface area contributed by atoms with Crippen LogP contribution in [0, 0.1) is 6.92 Å². The summed E-state index contributed by atoms with van der Waals surface area (Å²) in [6.45, 7) is 3.86. The van der Waals surface area contributed by atoms with E-state index in [0.29, 0.717) is 33.8 Å². The number of amides is 1. The van der Waals surface area contributed by atoms with Crippen molar-refractivity contribution in [1.29, 1.82) is 0 Å². The number of nitrogens with one attached hydrogen (secondary N) is 2. The topological polar surface area (TPSA) is 110 Å². The van der Waals surface area contributed by atoms with E-state index in [2.05, 4.69) is 10.6 Å². The molecule has 0 radical (unpaired) electrons. The van der Waals surface area contributed by atoms with Crippen molar-refractivity contribution in [3.8, 4) is 5.75 Å². The average Bonchev–Trinajstić information content (AvgIpc) is 3.24. The van der Waals surface area contributed by atoms with Crippen LogP contribution < -0.4 is 15.4 Å². The van der Waals surface area contributed by atoms with E-state index < -0.39 is 12.2 Å². The Morgan fingerprint density at radius 1 is 1.03 bits per heavy atom. The molecule has 2 atom stereocenters. The molecule has 1 aliphatic rings. The molecule has 0 fully saturated rings. The fourth-order valence-electron chi connectivity index (χ4n) is 4.82. The van der Waals surface area contributed by atoms with Gasteiger partial charge in [0.05, 0.1) is 11.9 Å². The first-order valence-corrected chi connectivity index (χ1v) is 12.1. The molecule has 5 rings (SSSR count). The number of aryl methyl sites for hydroxylation is 1. The molecule has 0 saturated carbocycles. The zero-order valence-electron chi connectivity index (χ0n) is 20.5. The van der Waals surface area contributed by atoms with Gasteiger partial charge >= 0.3 is 5.97 Å². The molecule has 2 heterocycles. The number of carbonyl (C=O) groups is 3. The number of carboxylic acid groups (broad SMARTS) is 1. The molecule has 3 N–H and O–H groups in total. The molecule has 8 nitrogen and oxygen atoms in total. The summed E-state index contributed by atoms with van der Waals surface area (Å²) in [6.07, 6.45) is -0.144. The highest BCUT2D eigenvalue weighted by Crippen LogP contribution is 2.32. The minimum atomic E-state index is -0.926. The van der Waals surface area contributed by atoms with Gasteiger partial charge in [-0.25, -0.2) is 0 Å². The van der Waals surface area contributed by atoms with E-state index in [1.165, 1.54) is 0 Å². The fourth-order valence-corrected chi connectivity index (χ4v) is 4.82. The summed E-state index contributed by atoms with van der Waals surface area (Å²) in [6, 6.07) is 21.5. The van der Waals surface area contributed by atoms with Gasteiger partial charge in [0.2, 0.25) is 6.23 Å². The third kappa shape index (κ3) is 4.71. The van der Waals surface area contributed by atoms with Gasteiger partial charge in [-0.05, 0) is 61.4 Å². The molecule has 4 aromatic rings. The van der Waals surface area contributed by atoms with Gasteiger partial charge in [0.25, 0.3) is 11.8 Å². The Bertz CT molecular complexity index is 1510. The number of aromatic nitrogens is 1. The van der Waals surface area contributed by atoms with Crippen LogP contribution in [0.15, 0.2) is 72.8 Å². The van der Waals surface area contributed by atoms with Crippen molar-refractivity contribution in [2.24, 2.45) is 0 Å². The second-order valence-corrected chi connectivity index (χ2v) is 9.08. The van der Waals surface area contributed by atoms with Crippen molar-refractivity contribution in [3.05, 3.63) is 95.2 Å². The standard InChI is InChI=1S/C29H27N3O5/c1-3-23-21-8-4-5-10-25(21)37-28(31-23)27(35)30-20-13-11-18(12-14-20)29(36)32-17(2)15-22-19(16-26(33)34)7-6-9-24(22)32/h4-15,23,28,31H,3,16H2,1-2H3,(H,30,35)(H,33,34). The van der Waals surface area contributed by atoms with E-state index in [9.17, 15) is 19.5 Å². The Labute approximate surface area is 213 Å². The normalized spacial score (nSPS) is 16.6. The summed E-state index contributed by atoms with van der Waals surface area (Å²) in [5.41, 5.74) is 4.03. The first-order chi connectivity index (χ1) is 17.9. The highest BCUT2D eigenvalue weighted by molar-refractivity contribution is 6.04. The Morgan fingerprint density at radius 3 is 2.51 bits per heavy atom. The number of rotatable bonds is 6. The highest BCUT2D eigenvalue weighted by atomic mass is 16.5. The van der Waals surface area contributed by atoms with E-state index >= 15 is 0 Å². The molecule has 2 unspecified atom stereocenters. The van der Waals surface area contributed by atoms with Crippen molar-refractivity contribution < 1.29 is 24.2 Å². The Morgan fingerprint density at radius 2 is 1.78 bits per heavy atom. The van der Waals surface area contributed by atoms with Gasteiger partial charge in [-0.2, -0.15) is 0 Å². The number of anilines is 1. The average molecular weight is 498 g/mol. The number of benzene rings is 3. The third-order valence-corrected chi connectivity index (χ3v) is 6.60. The zero-order chi connectivity index (χ0) is 26.1. The second-order valence-electron chi connectivity index (χ2n) is 9.08. The van der Waals surface area contributed by atoms with Crippen molar-refractivity contribution in [3.63, 3.8) is 0 Å². The number of nitrogens with zero attached hydrogens (tertiary/aromatic N) is 1. The number of carbonyl (C=O) groups excluding carboxylic acids is 2. The van der Waals surface area contributed by atoms with Crippen LogP contribution in [0.1, 0.15) is 46.6 Å². The van der Waals surface area contributed by atoms with Crippen LogP contribution in [0.5, 0.6) is 5.75 Å². The largest absolute Gasteiger partial charge is 0.481 e. The maximum absolute atomic E-state index is 13.4. The lowest BCUT2D eigenvalue weighted by Crippen LogP contribution is -2.49. The zero-order valence-corrected chi connectivity index (χ0v) is 20.5. The van der Waals surface area contributed by atoms with E-state index in [1.807, 2.05) is 44.2 Å². The van der Waals surface area contributed by atoms with Crippen molar-refractivity contribution in [2.45, 2.75) is 39.0 Å². The molecule has 1 aromatic heterocycles. The molecule has 0 spiro atoms. The SMILES string of the molecule is CCC1NC(C(=O)Nc2ccc(C(=O)n3c(C)cc4c(CC(=O)O)cccc43)cc2)Oc2ccccc21. The van der Waals surface area contributed by atoms with Crippen LogP contribution in [-0.2, 0) is 16.0 Å². The number of carboxylic acids is 1. The smallest absolute Gasteiger partial charge is 0.307 e. The quantitative estimate of drug-likeness (QED) is 0.357. The lowest BCUT2D eigenvalue weighted by Gasteiger charge is -2.32. The van der Waals surface area contributed by atoms with Gasteiger partial charge in [-0.3, -0.25) is 24.3 Å². The van der Waals surface area contributed by atoms with Crippen LogP contribution in [-0.4, -0.2) is 33.7 Å². The lowest BCUT2D eigenvalue weighted by atomic mass is 10.0. The molecule has 3 aromatic carbocycles. The minimum absolute atomic E-state index is 0.0105. The molecular formula is C29H27N3O5. The summed E-state index contributed by atoms with van der Waals surface area (Å²) in [5, 5.41) is 16.1. The number of para-hydroxylation sites is 1. The maximum Gasteiger partial charge on any atom is 0.307 e. The monoisotopic (exact) mass is 497 g/mol. The molecule has 0 aliphatic carbocycles. The van der Waals surface area contributed by atoms with Crippen LogP contribution in [0.25, 0.3) is 10.9 Å².